The summed E-state index contributed by atoms with van der Waals surface area (Å²) in [5.74, 6) is -3.89. The Hall–Kier alpha value is -5.69. The third-order valence-electron chi connectivity index (χ3n) is 7.28. The number of rotatable bonds is 15. The highest BCUT2D eigenvalue weighted by Gasteiger charge is 2.28. The van der Waals surface area contributed by atoms with Gasteiger partial charge in [-0.1, -0.05) is 60.7 Å². The van der Waals surface area contributed by atoms with Crippen LogP contribution >= 0.6 is 0 Å². The molecule has 46 heavy (non-hydrogen) atoms. The normalized spacial score (nSPS) is 12.8. The van der Waals surface area contributed by atoms with E-state index in [9.17, 15) is 34.2 Å². The lowest BCUT2D eigenvalue weighted by molar-refractivity contribution is -0.142. The highest BCUT2D eigenvalue weighted by atomic mass is 16.4. The minimum atomic E-state index is -1.33. The first-order valence-corrected chi connectivity index (χ1v) is 14.6. The van der Waals surface area contributed by atoms with Crippen molar-refractivity contribution in [2.24, 2.45) is 5.73 Å². The molecular formula is C33H36N6O7. The van der Waals surface area contributed by atoms with Crippen LogP contribution in [0.1, 0.15) is 16.7 Å². The first kappa shape index (κ1) is 33.2. The molecule has 0 aliphatic carbocycles. The number of phenolic OH excluding ortho intramolecular Hbond substituents is 1. The molecule has 240 valence electrons. The van der Waals surface area contributed by atoms with Crippen molar-refractivity contribution >= 4 is 40.5 Å². The second-order valence-electron chi connectivity index (χ2n) is 10.7. The van der Waals surface area contributed by atoms with Crippen LogP contribution in [0.2, 0.25) is 0 Å². The summed E-state index contributed by atoms with van der Waals surface area (Å²) >= 11 is 0. The molecule has 0 aliphatic heterocycles. The van der Waals surface area contributed by atoms with Gasteiger partial charge in [0.1, 0.15) is 23.9 Å². The molecule has 3 atom stereocenters. The number of hydrogen-bond donors (Lipinski definition) is 8. The molecule has 0 fully saturated rings. The molecule has 13 nitrogen and oxygen atoms in total. The number of aromatic amines is 1. The van der Waals surface area contributed by atoms with Gasteiger partial charge >= 0.3 is 5.97 Å². The lowest BCUT2D eigenvalue weighted by Gasteiger charge is -2.22. The Bertz CT molecular complexity index is 1670. The van der Waals surface area contributed by atoms with E-state index in [-0.39, 0.29) is 31.6 Å². The van der Waals surface area contributed by atoms with E-state index in [4.69, 9.17) is 5.73 Å². The van der Waals surface area contributed by atoms with Crippen LogP contribution in [-0.2, 0) is 43.2 Å². The molecule has 0 aliphatic rings. The number of nitrogens with one attached hydrogen (secondary N) is 5. The van der Waals surface area contributed by atoms with Crippen molar-refractivity contribution in [2.45, 2.75) is 37.4 Å². The van der Waals surface area contributed by atoms with Gasteiger partial charge in [-0.05, 0) is 34.9 Å². The smallest absolute Gasteiger partial charge is 0.326 e. The number of nitrogens with two attached hydrogens (primary N) is 1. The number of benzene rings is 3. The maximum atomic E-state index is 13.5. The fourth-order valence-corrected chi connectivity index (χ4v) is 4.92. The van der Waals surface area contributed by atoms with E-state index in [0.29, 0.717) is 11.1 Å². The zero-order valence-corrected chi connectivity index (χ0v) is 24.9. The van der Waals surface area contributed by atoms with Crippen LogP contribution in [0, 0.1) is 0 Å². The largest absolute Gasteiger partial charge is 0.508 e. The second kappa shape index (κ2) is 15.9. The average Bonchev–Trinajstić information content (AvgIpc) is 3.46. The van der Waals surface area contributed by atoms with Crippen molar-refractivity contribution in [3.05, 3.63) is 102 Å². The third-order valence-corrected chi connectivity index (χ3v) is 7.28. The van der Waals surface area contributed by atoms with E-state index in [1.165, 1.54) is 12.1 Å². The summed E-state index contributed by atoms with van der Waals surface area (Å²) < 4.78 is 0. The topological polar surface area (TPSA) is 216 Å². The summed E-state index contributed by atoms with van der Waals surface area (Å²) in [4.78, 5) is 66.8. The van der Waals surface area contributed by atoms with Gasteiger partial charge in [-0.2, -0.15) is 0 Å². The minimum absolute atomic E-state index is 0.0152. The number of H-pyrrole nitrogens is 1. The number of fused-ring (bicyclic) bond motifs is 1. The predicted octanol–water partition coefficient (Wildman–Crippen LogP) is 0.515. The standard InChI is InChI=1S/C33H36N6O7/c34-17-29(41)37-26(14-20-6-2-1-3-7-20)31(43)36-19-30(42)38-27(16-22-18-35-25-9-5-4-8-24(22)25)32(44)39-28(33(45)46)15-21-10-12-23(40)13-11-21/h1-13,18,26-28,35,40H,14-17,19,34H2,(H,36,43)(H,37,41)(H,38,42)(H,39,44)(H,45,46)/t26-,27-,28-/m1/s1. The first-order chi connectivity index (χ1) is 22.1. The molecular weight excluding hydrogens is 592 g/mol. The van der Waals surface area contributed by atoms with Crippen molar-refractivity contribution in [3.8, 4) is 5.75 Å². The molecule has 0 unspecified atom stereocenters. The highest BCUT2D eigenvalue weighted by Crippen LogP contribution is 2.19. The van der Waals surface area contributed by atoms with Gasteiger partial charge in [0.2, 0.25) is 23.6 Å². The van der Waals surface area contributed by atoms with E-state index in [2.05, 4.69) is 26.3 Å². The van der Waals surface area contributed by atoms with Crippen LogP contribution in [0.25, 0.3) is 10.9 Å². The van der Waals surface area contributed by atoms with Gasteiger partial charge in [-0.15, -0.1) is 0 Å². The summed E-state index contributed by atoms with van der Waals surface area (Å²) in [5.41, 5.74) is 8.28. The predicted molar refractivity (Wildman–Crippen MR) is 169 cm³/mol. The van der Waals surface area contributed by atoms with Crippen molar-refractivity contribution in [2.75, 3.05) is 13.1 Å². The van der Waals surface area contributed by atoms with E-state index in [1.54, 1.807) is 42.6 Å². The first-order valence-electron chi connectivity index (χ1n) is 14.6. The summed E-state index contributed by atoms with van der Waals surface area (Å²) in [6.45, 7) is -0.843. The summed E-state index contributed by atoms with van der Waals surface area (Å²) in [6, 6.07) is 18.8. The Morgan fingerprint density at radius 3 is 2.00 bits per heavy atom. The second-order valence-corrected chi connectivity index (χ2v) is 10.7. The number of phenols is 1. The van der Waals surface area contributed by atoms with E-state index in [1.807, 2.05) is 30.3 Å². The van der Waals surface area contributed by atoms with Gasteiger partial charge in [0.05, 0.1) is 13.1 Å². The molecule has 0 saturated heterocycles. The number of amides is 4. The third kappa shape index (κ3) is 9.40. The lowest BCUT2D eigenvalue weighted by Crippen LogP contribution is -2.55. The van der Waals surface area contributed by atoms with Gasteiger partial charge in [0.25, 0.3) is 0 Å². The van der Waals surface area contributed by atoms with Gasteiger partial charge in [0.15, 0.2) is 0 Å². The maximum absolute atomic E-state index is 13.5. The molecule has 0 spiro atoms. The van der Waals surface area contributed by atoms with Gasteiger partial charge in [0, 0.05) is 36.4 Å². The monoisotopic (exact) mass is 628 g/mol. The molecule has 9 N–H and O–H groups in total. The number of carboxylic acids is 1. The zero-order valence-electron chi connectivity index (χ0n) is 24.9. The average molecular weight is 629 g/mol. The highest BCUT2D eigenvalue weighted by molar-refractivity contribution is 5.94. The molecule has 0 bridgehead atoms. The number of hydrogen-bond acceptors (Lipinski definition) is 7. The number of aromatic hydroxyl groups is 1. The fourth-order valence-electron chi connectivity index (χ4n) is 4.92. The number of carbonyl (C=O) groups excluding carboxylic acids is 4. The Kier molecular flexibility index (Phi) is 11.5. The van der Waals surface area contributed by atoms with Gasteiger partial charge < -0.3 is 42.2 Å². The van der Waals surface area contributed by atoms with Crippen LogP contribution in [-0.4, -0.2) is 76.0 Å². The van der Waals surface area contributed by atoms with Crippen LogP contribution in [0.15, 0.2) is 85.1 Å². The van der Waals surface area contributed by atoms with Crippen molar-refractivity contribution < 1.29 is 34.2 Å². The molecule has 0 radical (unpaired) electrons. The minimum Gasteiger partial charge on any atom is -0.508 e. The summed E-state index contributed by atoms with van der Waals surface area (Å²) in [5, 5.41) is 30.4. The molecule has 13 heteroatoms. The number of aliphatic carboxylic acids is 1. The molecule has 4 rings (SSSR count). The fraction of sp³-hybridized carbons (Fsp3) is 0.242. The van der Waals surface area contributed by atoms with Crippen LogP contribution < -0.4 is 27.0 Å². The van der Waals surface area contributed by atoms with Crippen LogP contribution in [0.5, 0.6) is 5.75 Å². The molecule has 4 amide bonds. The lowest BCUT2D eigenvalue weighted by atomic mass is 10.0. The molecule has 3 aromatic carbocycles. The van der Waals surface area contributed by atoms with Crippen LogP contribution in [0.3, 0.4) is 0 Å². The van der Waals surface area contributed by atoms with Gasteiger partial charge in [-0.25, -0.2) is 4.79 Å². The van der Waals surface area contributed by atoms with Crippen LogP contribution in [0.4, 0.5) is 0 Å². The zero-order chi connectivity index (χ0) is 33.1. The van der Waals surface area contributed by atoms with E-state index >= 15 is 0 Å². The molecule has 1 aromatic heterocycles. The quantitative estimate of drug-likeness (QED) is 0.0926. The van der Waals surface area contributed by atoms with E-state index in [0.717, 1.165) is 16.5 Å². The Morgan fingerprint density at radius 2 is 1.30 bits per heavy atom. The van der Waals surface area contributed by atoms with Crippen molar-refractivity contribution in [1.29, 1.82) is 0 Å². The molecule has 0 saturated carbocycles. The number of para-hydroxylation sites is 1. The SMILES string of the molecule is NCC(=O)N[C@H](Cc1ccccc1)C(=O)NCC(=O)N[C@H](Cc1c[nH]c2ccccc12)C(=O)N[C@H](Cc1ccc(O)cc1)C(=O)O. The Morgan fingerprint density at radius 1 is 0.696 bits per heavy atom. The number of carboxylic acid groups (broad SMARTS) is 1. The number of aromatic nitrogens is 1. The van der Waals surface area contributed by atoms with Crippen molar-refractivity contribution in [3.63, 3.8) is 0 Å². The van der Waals surface area contributed by atoms with E-state index < -0.39 is 54.3 Å². The summed E-state index contributed by atoms with van der Waals surface area (Å²) in [6.07, 6.45) is 1.81. The molecule has 1 heterocycles. The van der Waals surface area contributed by atoms with Gasteiger partial charge in [-0.3, -0.25) is 19.2 Å². The molecule has 4 aromatic rings. The van der Waals surface area contributed by atoms with Crippen molar-refractivity contribution in [1.82, 2.24) is 26.3 Å². The summed E-state index contributed by atoms with van der Waals surface area (Å²) in [7, 11) is 0. The Labute approximate surface area is 264 Å². The Balaban J connectivity index is 1.47. The maximum Gasteiger partial charge on any atom is 0.326 e. The number of carbonyl (C=O) groups is 5.